The first-order chi connectivity index (χ1) is 15.3. The minimum atomic E-state index is -3.87. The van der Waals surface area contributed by atoms with Crippen molar-refractivity contribution in [3.05, 3.63) is 72.3 Å². The molecule has 168 valence electrons. The lowest BCUT2D eigenvalue weighted by atomic mass is 10.2. The van der Waals surface area contributed by atoms with Crippen molar-refractivity contribution >= 4 is 44.4 Å². The Kier molecular flexibility index (Phi) is 7.55. The summed E-state index contributed by atoms with van der Waals surface area (Å²) in [6.45, 7) is 4.33. The van der Waals surface area contributed by atoms with Gasteiger partial charge in [0.05, 0.1) is 19.4 Å². The van der Waals surface area contributed by atoms with E-state index in [0.29, 0.717) is 23.7 Å². The summed E-state index contributed by atoms with van der Waals surface area (Å²) in [7, 11) is -2.32. The number of sulfonamides is 1. The highest BCUT2D eigenvalue weighted by atomic mass is 32.2. The van der Waals surface area contributed by atoms with E-state index < -0.39 is 10.0 Å². The normalized spacial score (nSPS) is 10.8. The Balaban J connectivity index is 1.78. The summed E-state index contributed by atoms with van der Waals surface area (Å²) in [5.74, 6) is 1.39. The first-order valence-corrected chi connectivity index (χ1v) is 11.8. The third-order valence-corrected chi connectivity index (χ3v) is 6.07. The Bertz CT molecular complexity index is 1180. The number of thiocarbonyl (C=S) groups is 1. The molecule has 7 nitrogen and oxygen atoms in total. The molecule has 0 heterocycles. The predicted molar refractivity (Wildman–Crippen MR) is 132 cm³/mol. The van der Waals surface area contributed by atoms with Crippen LogP contribution < -0.4 is 24.8 Å². The first-order valence-electron chi connectivity index (χ1n) is 9.89. The molecule has 3 N–H and O–H groups in total. The van der Waals surface area contributed by atoms with Gasteiger partial charge in [0, 0.05) is 11.4 Å². The molecule has 0 saturated heterocycles. The van der Waals surface area contributed by atoms with Crippen molar-refractivity contribution in [3.8, 4) is 11.5 Å². The second-order valence-corrected chi connectivity index (χ2v) is 8.93. The van der Waals surface area contributed by atoms with Crippen molar-refractivity contribution < 1.29 is 17.9 Å². The summed E-state index contributed by atoms with van der Waals surface area (Å²) >= 11 is 5.39. The topological polar surface area (TPSA) is 88.7 Å². The third-order valence-electron chi connectivity index (χ3n) is 4.44. The van der Waals surface area contributed by atoms with Gasteiger partial charge in [-0.05, 0) is 92.3 Å². The van der Waals surface area contributed by atoms with Gasteiger partial charge in [0.25, 0.3) is 10.0 Å². The van der Waals surface area contributed by atoms with Crippen molar-refractivity contribution in [2.45, 2.75) is 18.7 Å². The monoisotopic (exact) mass is 471 g/mol. The minimum Gasteiger partial charge on any atom is -0.497 e. The van der Waals surface area contributed by atoms with Crippen LogP contribution in [0.1, 0.15) is 12.5 Å². The fraction of sp³-hybridized carbons (Fsp3) is 0.174. The van der Waals surface area contributed by atoms with Crippen LogP contribution in [0.25, 0.3) is 0 Å². The highest BCUT2D eigenvalue weighted by molar-refractivity contribution is 7.93. The predicted octanol–water partition coefficient (Wildman–Crippen LogP) is 5.01. The maximum Gasteiger partial charge on any atom is 0.263 e. The number of anilines is 3. The van der Waals surface area contributed by atoms with E-state index in [-0.39, 0.29) is 10.0 Å². The largest absolute Gasteiger partial charge is 0.497 e. The average molecular weight is 472 g/mol. The molecule has 0 fully saturated rings. The molecule has 3 aromatic rings. The molecule has 0 atom stereocenters. The number of nitrogens with one attached hydrogen (secondary N) is 3. The molecule has 0 radical (unpaired) electrons. The van der Waals surface area contributed by atoms with E-state index in [0.717, 1.165) is 17.0 Å². The molecule has 3 rings (SSSR count). The van der Waals surface area contributed by atoms with Crippen molar-refractivity contribution in [3.63, 3.8) is 0 Å². The van der Waals surface area contributed by atoms with Crippen LogP contribution in [0.2, 0.25) is 0 Å². The van der Waals surface area contributed by atoms with Crippen LogP contribution in [0.5, 0.6) is 11.5 Å². The molecule has 0 spiro atoms. The maximum absolute atomic E-state index is 13.1. The molecule has 0 aromatic heterocycles. The van der Waals surface area contributed by atoms with E-state index in [1.54, 1.807) is 43.5 Å². The SMILES string of the molecule is CCOc1ccc(NC(=S)Nc2ccc(C)cc2S(=O)(=O)Nc2ccc(OC)cc2)cc1. The lowest BCUT2D eigenvalue weighted by Crippen LogP contribution is -2.22. The van der Waals surface area contributed by atoms with Gasteiger partial charge in [-0.15, -0.1) is 0 Å². The zero-order valence-corrected chi connectivity index (χ0v) is 19.6. The fourth-order valence-corrected chi connectivity index (χ4v) is 4.44. The molecule has 0 aliphatic carbocycles. The average Bonchev–Trinajstić information content (AvgIpc) is 2.77. The van der Waals surface area contributed by atoms with Crippen LogP contribution in [-0.4, -0.2) is 27.2 Å². The Morgan fingerprint density at radius 3 is 2.16 bits per heavy atom. The van der Waals surface area contributed by atoms with Gasteiger partial charge in [0.1, 0.15) is 16.4 Å². The van der Waals surface area contributed by atoms with Gasteiger partial charge in [-0.2, -0.15) is 0 Å². The molecule has 0 aliphatic heterocycles. The second kappa shape index (κ2) is 10.3. The van der Waals surface area contributed by atoms with Crippen LogP contribution in [0.3, 0.4) is 0 Å². The van der Waals surface area contributed by atoms with Gasteiger partial charge in [0.15, 0.2) is 5.11 Å². The molecule has 0 aliphatic rings. The lowest BCUT2D eigenvalue weighted by molar-refractivity contribution is 0.340. The quantitative estimate of drug-likeness (QED) is 0.398. The molecule has 0 saturated carbocycles. The number of benzene rings is 3. The molecule has 9 heteroatoms. The second-order valence-electron chi connectivity index (χ2n) is 6.87. The molecule has 0 unspecified atom stereocenters. The van der Waals surface area contributed by atoms with Crippen LogP contribution in [0.4, 0.5) is 17.1 Å². The van der Waals surface area contributed by atoms with E-state index in [1.807, 2.05) is 44.2 Å². The lowest BCUT2D eigenvalue weighted by Gasteiger charge is -2.16. The van der Waals surface area contributed by atoms with E-state index in [1.165, 1.54) is 0 Å². The van der Waals surface area contributed by atoms with Crippen molar-refractivity contribution in [2.24, 2.45) is 0 Å². The van der Waals surface area contributed by atoms with E-state index in [2.05, 4.69) is 15.4 Å². The van der Waals surface area contributed by atoms with E-state index in [9.17, 15) is 8.42 Å². The third kappa shape index (κ3) is 6.12. The van der Waals surface area contributed by atoms with E-state index in [4.69, 9.17) is 21.7 Å². The smallest absolute Gasteiger partial charge is 0.263 e. The molecule has 3 aromatic carbocycles. The number of hydrogen-bond acceptors (Lipinski definition) is 5. The summed E-state index contributed by atoms with van der Waals surface area (Å²) in [6.07, 6.45) is 0. The molecule has 0 amide bonds. The van der Waals surface area contributed by atoms with Crippen LogP contribution in [-0.2, 0) is 10.0 Å². The maximum atomic E-state index is 13.1. The van der Waals surface area contributed by atoms with E-state index >= 15 is 0 Å². The van der Waals surface area contributed by atoms with Gasteiger partial charge >= 0.3 is 0 Å². The Morgan fingerprint density at radius 2 is 1.53 bits per heavy atom. The number of ether oxygens (including phenoxy) is 2. The Hall–Kier alpha value is -3.30. The summed E-state index contributed by atoms with van der Waals surface area (Å²) in [6, 6.07) is 19.0. The zero-order chi connectivity index (χ0) is 23.1. The highest BCUT2D eigenvalue weighted by Crippen LogP contribution is 2.26. The summed E-state index contributed by atoms with van der Waals surface area (Å²) in [4.78, 5) is 0.0872. The number of methoxy groups -OCH3 is 1. The number of rotatable bonds is 8. The Labute approximate surface area is 193 Å². The molecule has 0 bridgehead atoms. The highest BCUT2D eigenvalue weighted by Gasteiger charge is 2.20. The summed E-state index contributed by atoms with van der Waals surface area (Å²) in [5, 5.41) is 6.30. The number of hydrogen-bond donors (Lipinski definition) is 3. The van der Waals surface area contributed by atoms with Gasteiger partial charge in [-0.1, -0.05) is 6.07 Å². The van der Waals surface area contributed by atoms with Gasteiger partial charge in [-0.3, -0.25) is 4.72 Å². The minimum absolute atomic E-state index is 0.0872. The van der Waals surface area contributed by atoms with Crippen molar-refractivity contribution in [1.82, 2.24) is 0 Å². The van der Waals surface area contributed by atoms with Crippen LogP contribution in [0, 0.1) is 6.92 Å². The zero-order valence-electron chi connectivity index (χ0n) is 18.0. The standard InChI is InChI=1S/C23H25N3O4S2/c1-4-30-20-12-6-17(7-13-20)24-23(31)25-21-14-5-16(2)15-22(21)32(27,28)26-18-8-10-19(29-3)11-9-18/h5-15,26H,4H2,1-3H3,(H2,24,25,31). The van der Waals surface area contributed by atoms with Crippen LogP contribution in [0.15, 0.2) is 71.6 Å². The van der Waals surface area contributed by atoms with Gasteiger partial charge < -0.3 is 20.1 Å². The van der Waals surface area contributed by atoms with Crippen molar-refractivity contribution in [2.75, 3.05) is 29.1 Å². The fourth-order valence-electron chi connectivity index (χ4n) is 2.91. The molecular formula is C23H25N3O4S2. The van der Waals surface area contributed by atoms with Crippen molar-refractivity contribution in [1.29, 1.82) is 0 Å². The number of aryl methyl sites for hydroxylation is 1. The Morgan fingerprint density at radius 1 is 0.906 bits per heavy atom. The summed E-state index contributed by atoms with van der Waals surface area (Å²) < 4.78 is 39.4. The van der Waals surface area contributed by atoms with Gasteiger partial charge in [0.2, 0.25) is 0 Å². The molecular weight excluding hydrogens is 446 g/mol. The van der Waals surface area contributed by atoms with Gasteiger partial charge in [-0.25, -0.2) is 8.42 Å². The van der Waals surface area contributed by atoms with Crippen LogP contribution >= 0.6 is 12.2 Å². The first kappa shape index (κ1) is 23.4. The summed E-state index contributed by atoms with van der Waals surface area (Å²) in [5.41, 5.74) is 2.34. The molecule has 32 heavy (non-hydrogen) atoms.